The number of hydrogen-bond donors (Lipinski definition) is 1. The van der Waals surface area contributed by atoms with Crippen molar-refractivity contribution in [2.24, 2.45) is 0 Å². The largest absolute Gasteiger partial charge is 0.354 e. The Balaban J connectivity index is 2.09. The van der Waals surface area contributed by atoms with E-state index in [0.717, 1.165) is 16.3 Å². The summed E-state index contributed by atoms with van der Waals surface area (Å²) in [6, 6.07) is 13.7. The maximum absolute atomic E-state index is 12.1. The zero-order valence-corrected chi connectivity index (χ0v) is 13.9. The van der Waals surface area contributed by atoms with Crippen molar-refractivity contribution in [2.75, 3.05) is 12.8 Å². The Bertz CT molecular complexity index is 789. The molecule has 0 fully saturated rings. The first kappa shape index (κ1) is 16.5. The number of nitrogens with one attached hydrogen (secondary N) is 1. The summed E-state index contributed by atoms with van der Waals surface area (Å²) < 4.78 is 22.3. The minimum atomic E-state index is -3.22. The molecule has 0 saturated heterocycles. The van der Waals surface area contributed by atoms with Gasteiger partial charge in [0.05, 0.1) is 11.2 Å². The van der Waals surface area contributed by atoms with Crippen LogP contribution < -0.4 is 5.32 Å². The maximum Gasteiger partial charge on any atom is 0.224 e. The van der Waals surface area contributed by atoms with E-state index in [-0.39, 0.29) is 18.9 Å². The molecule has 1 N–H and O–H groups in total. The minimum absolute atomic E-state index is 0.107. The van der Waals surface area contributed by atoms with E-state index in [0.29, 0.717) is 0 Å². The number of amides is 1. The molecule has 1 amide bonds. The van der Waals surface area contributed by atoms with E-state index in [4.69, 9.17) is 0 Å². The normalized spacial score (nSPS) is 12.3. The van der Waals surface area contributed by atoms with Crippen LogP contribution in [0.5, 0.6) is 0 Å². The number of sulfone groups is 1. The topological polar surface area (TPSA) is 63.2 Å². The highest BCUT2D eigenvalue weighted by Gasteiger charge is 2.30. The van der Waals surface area contributed by atoms with E-state index >= 15 is 0 Å². The molecule has 5 heteroatoms. The average molecular weight is 319 g/mol. The van der Waals surface area contributed by atoms with E-state index < -0.39 is 14.6 Å². The van der Waals surface area contributed by atoms with Gasteiger partial charge in [-0.25, -0.2) is 8.42 Å². The van der Waals surface area contributed by atoms with Gasteiger partial charge in [0.25, 0.3) is 0 Å². The fourth-order valence-electron chi connectivity index (χ4n) is 2.12. The van der Waals surface area contributed by atoms with Crippen LogP contribution in [0, 0.1) is 0 Å². The smallest absolute Gasteiger partial charge is 0.224 e. The molecule has 0 saturated carbocycles. The highest BCUT2D eigenvalue weighted by Crippen LogP contribution is 2.19. The first-order chi connectivity index (χ1) is 10.2. The highest BCUT2D eigenvalue weighted by atomic mass is 32.2. The van der Waals surface area contributed by atoms with Crippen molar-refractivity contribution in [2.45, 2.75) is 25.0 Å². The van der Waals surface area contributed by atoms with Gasteiger partial charge in [0.15, 0.2) is 9.84 Å². The van der Waals surface area contributed by atoms with E-state index in [1.807, 2.05) is 42.5 Å². The van der Waals surface area contributed by atoms with Crippen LogP contribution in [0.4, 0.5) is 0 Å². The van der Waals surface area contributed by atoms with Crippen LogP contribution >= 0.6 is 0 Å². The Kier molecular flexibility index (Phi) is 4.56. The summed E-state index contributed by atoms with van der Waals surface area (Å²) in [5.41, 5.74) is 0.938. The molecule has 0 aliphatic rings. The van der Waals surface area contributed by atoms with Crippen molar-refractivity contribution in [1.82, 2.24) is 5.32 Å². The van der Waals surface area contributed by atoms with Crippen LogP contribution in [0.15, 0.2) is 42.5 Å². The number of fused-ring (bicyclic) bond motifs is 1. The van der Waals surface area contributed by atoms with Gasteiger partial charge in [-0.15, -0.1) is 0 Å². The predicted molar refractivity (Wildman–Crippen MR) is 89.6 cm³/mol. The maximum atomic E-state index is 12.1. The summed E-state index contributed by atoms with van der Waals surface area (Å²) >= 11 is 0. The van der Waals surface area contributed by atoms with Gasteiger partial charge in [-0.2, -0.15) is 0 Å². The molecule has 2 aromatic carbocycles. The summed E-state index contributed by atoms with van der Waals surface area (Å²) in [5.74, 6) is -0.173. The summed E-state index contributed by atoms with van der Waals surface area (Å²) in [7, 11) is -3.22. The van der Waals surface area contributed by atoms with Crippen LogP contribution in [-0.4, -0.2) is 31.9 Å². The Morgan fingerprint density at radius 3 is 2.41 bits per heavy atom. The van der Waals surface area contributed by atoms with E-state index in [1.54, 1.807) is 13.8 Å². The quantitative estimate of drug-likeness (QED) is 0.920. The molecule has 22 heavy (non-hydrogen) atoms. The van der Waals surface area contributed by atoms with Crippen molar-refractivity contribution in [3.8, 4) is 0 Å². The van der Waals surface area contributed by atoms with Gasteiger partial charge >= 0.3 is 0 Å². The summed E-state index contributed by atoms with van der Waals surface area (Å²) in [6.45, 7) is 3.33. The van der Waals surface area contributed by atoms with Crippen molar-refractivity contribution < 1.29 is 13.2 Å². The highest BCUT2D eigenvalue weighted by molar-refractivity contribution is 7.92. The Hall–Kier alpha value is -1.88. The van der Waals surface area contributed by atoms with E-state index in [9.17, 15) is 13.2 Å². The van der Waals surface area contributed by atoms with Gasteiger partial charge in [0.2, 0.25) is 5.91 Å². The lowest BCUT2D eigenvalue weighted by molar-refractivity contribution is -0.120. The number of hydrogen-bond acceptors (Lipinski definition) is 3. The second-order valence-electron chi connectivity index (χ2n) is 6.12. The van der Waals surface area contributed by atoms with Crippen LogP contribution in [0.1, 0.15) is 19.4 Å². The van der Waals surface area contributed by atoms with Gasteiger partial charge in [-0.1, -0.05) is 42.5 Å². The fraction of sp³-hybridized carbons (Fsp3) is 0.353. The van der Waals surface area contributed by atoms with Crippen molar-refractivity contribution in [3.63, 3.8) is 0 Å². The van der Waals surface area contributed by atoms with Gasteiger partial charge in [0, 0.05) is 12.8 Å². The lowest BCUT2D eigenvalue weighted by atomic mass is 10.0. The lowest BCUT2D eigenvalue weighted by Gasteiger charge is -2.22. The Labute approximate surface area is 131 Å². The summed E-state index contributed by atoms with van der Waals surface area (Å²) in [5, 5.41) is 4.86. The molecular formula is C17H21NO3S. The van der Waals surface area contributed by atoms with Crippen LogP contribution in [-0.2, 0) is 21.1 Å². The van der Waals surface area contributed by atoms with Crippen molar-refractivity contribution >= 4 is 26.5 Å². The predicted octanol–water partition coefficient (Wildman–Crippen LogP) is 2.32. The van der Waals surface area contributed by atoms with E-state index in [1.165, 1.54) is 6.26 Å². The first-order valence-corrected chi connectivity index (χ1v) is 9.03. The van der Waals surface area contributed by atoms with Crippen LogP contribution in [0.3, 0.4) is 0 Å². The Morgan fingerprint density at radius 2 is 1.73 bits per heavy atom. The standard InChI is InChI=1S/C17H21NO3S/c1-17(2,22(3,20)21)12-18-16(19)11-14-9-6-8-13-7-4-5-10-15(13)14/h4-10H,11-12H2,1-3H3,(H,18,19). The first-order valence-electron chi connectivity index (χ1n) is 7.14. The minimum Gasteiger partial charge on any atom is -0.354 e. The molecule has 0 spiro atoms. The third-order valence-electron chi connectivity index (χ3n) is 3.95. The molecule has 0 aromatic heterocycles. The third kappa shape index (κ3) is 3.65. The van der Waals surface area contributed by atoms with Gasteiger partial charge in [-0.3, -0.25) is 4.79 Å². The van der Waals surface area contributed by atoms with E-state index in [2.05, 4.69) is 5.32 Å². The number of rotatable bonds is 5. The molecule has 0 aliphatic carbocycles. The molecule has 118 valence electrons. The number of carbonyl (C=O) groups excluding carboxylic acids is 1. The molecule has 0 aliphatic heterocycles. The third-order valence-corrected chi connectivity index (χ3v) is 6.10. The van der Waals surface area contributed by atoms with Crippen molar-refractivity contribution in [1.29, 1.82) is 0 Å². The van der Waals surface area contributed by atoms with Crippen LogP contribution in [0.2, 0.25) is 0 Å². The zero-order valence-electron chi connectivity index (χ0n) is 13.1. The second-order valence-corrected chi connectivity index (χ2v) is 8.77. The average Bonchev–Trinajstić information content (AvgIpc) is 2.44. The second kappa shape index (κ2) is 6.08. The van der Waals surface area contributed by atoms with Gasteiger partial charge < -0.3 is 5.32 Å². The molecular weight excluding hydrogens is 298 g/mol. The number of carbonyl (C=O) groups is 1. The SMILES string of the molecule is CC(C)(CNC(=O)Cc1cccc2ccccc12)S(C)(=O)=O. The van der Waals surface area contributed by atoms with Gasteiger partial charge in [-0.05, 0) is 30.2 Å². The molecule has 2 aromatic rings. The molecule has 0 bridgehead atoms. The fourth-order valence-corrected chi connectivity index (χ4v) is 2.46. The zero-order chi connectivity index (χ0) is 16.4. The molecule has 0 radical (unpaired) electrons. The van der Waals surface area contributed by atoms with Gasteiger partial charge in [0.1, 0.15) is 0 Å². The summed E-state index contributed by atoms with van der Waals surface area (Å²) in [4.78, 5) is 12.1. The van der Waals surface area contributed by atoms with Crippen LogP contribution in [0.25, 0.3) is 10.8 Å². The molecule has 0 atom stereocenters. The van der Waals surface area contributed by atoms with Crippen molar-refractivity contribution in [3.05, 3.63) is 48.0 Å². The molecule has 0 unspecified atom stereocenters. The molecule has 0 heterocycles. The molecule has 4 nitrogen and oxygen atoms in total. The summed E-state index contributed by atoms with van der Waals surface area (Å²) in [6.07, 6.45) is 1.42. The monoisotopic (exact) mass is 319 g/mol. The lowest BCUT2D eigenvalue weighted by Crippen LogP contribution is -2.44. The number of benzene rings is 2. The molecule has 2 rings (SSSR count). The Morgan fingerprint density at radius 1 is 1.09 bits per heavy atom.